The number of nitrogens with two attached hydrogens (primary N) is 1. The van der Waals surface area contributed by atoms with Crippen molar-refractivity contribution in [2.75, 3.05) is 66.4 Å². The Morgan fingerprint density at radius 3 is 2.26 bits per heavy atom. The average molecular weight is 1100 g/mol. The Kier molecular flexibility index (Phi) is 23.8. The molecule has 1 aliphatic heterocycles. The maximum Gasteiger partial charge on any atom is 0.407 e. The number of esters is 1. The van der Waals surface area contributed by atoms with Crippen LogP contribution in [-0.4, -0.2) is 136 Å². The minimum Gasteiger partial charge on any atom is -0.493 e. The van der Waals surface area contributed by atoms with E-state index in [-0.39, 0.29) is 56.0 Å². The van der Waals surface area contributed by atoms with Gasteiger partial charge < -0.3 is 49.6 Å². The summed E-state index contributed by atoms with van der Waals surface area (Å²) in [4.78, 5) is 70.4. The van der Waals surface area contributed by atoms with Crippen LogP contribution in [0.2, 0.25) is 0 Å². The summed E-state index contributed by atoms with van der Waals surface area (Å²) < 4.78 is 57.5. The van der Waals surface area contributed by atoms with Crippen LogP contribution in [0, 0.1) is 11.3 Å². The number of likely N-dealkylation sites (N-methyl/N-ethyl adjacent to an activating group) is 1. The van der Waals surface area contributed by atoms with Gasteiger partial charge >= 0.3 is 12.1 Å². The number of hydrogen-bond donors (Lipinski definition) is 3. The number of aliphatic hydroxyl groups is 1. The van der Waals surface area contributed by atoms with Gasteiger partial charge in [-0.15, -0.1) is 0 Å². The van der Waals surface area contributed by atoms with Crippen molar-refractivity contribution in [3.05, 3.63) is 114 Å². The molecule has 19 heteroatoms. The van der Waals surface area contributed by atoms with Gasteiger partial charge in [-0.1, -0.05) is 83.1 Å². The minimum absolute atomic E-state index is 0.0426. The SMILES string of the molecule is CCC(C)(C)C(=O)C(=O)N1CCCC[C@H]1C(=O)O[C@H](CCc1ccc(OC)c(OC)c1)c1cccc(OCC(=O)N(C)CCCCCOC(=O)N[C@@H](Cc2ccccc2)[C@H](O)CN(CC(C)C)S(=O)(=O)c2ccc(N)cc2)c1. The first-order valence-corrected chi connectivity index (χ1v) is 28.4. The van der Waals surface area contributed by atoms with E-state index in [9.17, 15) is 37.5 Å². The fourth-order valence-electron chi connectivity index (χ4n) is 8.97. The summed E-state index contributed by atoms with van der Waals surface area (Å²) in [6.45, 7) is 9.41. The summed E-state index contributed by atoms with van der Waals surface area (Å²) in [5.41, 5.74) is 7.70. The lowest BCUT2D eigenvalue weighted by atomic mass is 9.84. The van der Waals surface area contributed by atoms with Crippen molar-refractivity contribution in [3.63, 3.8) is 0 Å². The van der Waals surface area contributed by atoms with Crippen molar-refractivity contribution in [1.29, 1.82) is 0 Å². The number of ether oxygens (including phenoxy) is 5. The number of piperidine rings is 1. The second kappa shape index (κ2) is 29.9. The fourth-order valence-corrected chi connectivity index (χ4v) is 10.6. The number of carbonyl (C=O) groups is 5. The Hall–Kier alpha value is -6.70. The van der Waals surface area contributed by atoms with Crippen molar-refractivity contribution in [2.45, 2.75) is 128 Å². The van der Waals surface area contributed by atoms with E-state index < -0.39 is 63.5 Å². The normalized spacial score (nSPS) is 15.0. The van der Waals surface area contributed by atoms with E-state index in [1.165, 1.54) is 33.5 Å². The topological polar surface area (TPSA) is 234 Å². The zero-order valence-corrected chi connectivity index (χ0v) is 47.4. The predicted octanol–water partition coefficient (Wildman–Crippen LogP) is 7.94. The number of alkyl carbamates (subject to hydrolysis) is 1. The number of benzene rings is 4. The van der Waals surface area contributed by atoms with E-state index in [1.54, 1.807) is 64.3 Å². The standard InChI is InChI=1S/C59H81N5O13S/c1-9-59(4,5)55(67)56(68)64-33-16-14-23-49(64)57(69)77-51(30-24-43-25-31-52(73-7)53(36-43)74-8)44-21-18-22-46(37-44)76-40-54(66)62(6)32-15-11-17-34-75-58(70)61-48(35-42-19-12-10-13-20-42)50(65)39-63(38-41(2)3)78(71,72)47-28-26-45(60)27-29-47/h10,12-13,18-22,25-29,31,36-37,41,48-51,65H,9,11,14-17,23-24,30,32-35,38-40,60H2,1-8H3,(H,61,70)/t48-,49-,50+,51+/m0/s1. The van der Waals surface area contributed by atoms with Gasteiger partial charge in [0.2, 0.25) is 15.8 Å². The number of methoxy groups -OCH3 is 2. The molecule has 0 spiro atoms. The van der Waals surface area contributed by atoms with Crippen LogP contribution in [0.25, 0.3) is 0 Å². The Labute approximate surface area is 460 Å². The molecule has 1 fully saturated rings. The number of anilines is 1. The smallest absolute Gasteiger partial charge is 0.407 e. The molecular weight excluding hydrogens is 1020 g/mol. The number of amides is 3. The molecule has 0 unspecified atom stereocenters. The third-order valence-electron chi connectivity index (χ3n) is 14.1. The largest absolute Gasteiger partial charge is 0.493 e. The maximum absolute atomic E-state index is 14.1. The molecule has 0 bridgehead atoms. The van der Waals surface area contributed by atoms with Crippen molar-refractivity contribution in [3.8, 4) is 17.2 Å². The fraction of sp³-hybridized carbons (Fsp3) is 0.508. The molecule has 4 N–H and O–H groups in total. The lowest BCUT2D eigenvalue weighted by Crippen LogP contribution is -2.53. The van der Waals surface area contributed by atoms with E-state index in [1.807, 2.05) is 69.3 Å². The highest BCUT2D eigenvalue weighted by atomic mass is 32.2. The molecule has 3 amide bonds. The molecule has 78 heavy (non-hydrogen) atoms. The van der Waals surface area contributed by atoms with Crippen LogP contribution >= 0.6 is 0 Å². The van der Waals surface area contributed by atoms with Crippen LogP contribution in [0.4, 0.5) is 10.5 Å². The molecule has 426 valence electrons. The number of unbranched alkanes of at least 4 members (excludes halogenated alkanes) is 2. The molecule has 0 aromatic heterocycles. The molecule has 4 atom stereocenters. The van der Waals surface area contributed by atoms with Crippen LogP contribution in [0.5, 0.6) is 17.2 Å². The molecule has 4 aromatic rings. The number of aliphatic hydroxyl groups excluding tert-OH is 1. The number of nitrogen functional groups attached to an aromatic ring is 1. The zero-order valence-electron chi connectivity index (χ0n) is 46.6. The molecule has 1 aliphatic rings. The van der Waals surface area contributed by atoms with Crippen LogP contribution < -0.4 is 25.3 Å². The zero-order chi connectivity index (χ0) is 57.0. The van der Waals surface area contributed by atoms with Crippen molar-refractivity contribution in [1.82, 2.24) is 19.4 Å². The minimum atomic E-state index is -4.02. The summed E-state index contributed by atoms with van der Waals surface area (Å²) in [5.74, 6) is -0.639. The van der Waals surface area contributed by atoms with Gasteiger partial charge in [-0.3, -0.25) is 14.4 Å². The Bertz CT molecular complexity index is 2700. The number of likely N-dealkylation sites (tertiary alicyclic amines) is 1. The third kappa shape index (κ3) is 18.2. The van der Waals surface area contributed by atoms with Crippen LogP contribution in [0.1, 0.15) is 109 Å². The lowest BCUT2D eigenvalue weighted by Gasteiger charge is -2.36. The van der Waals surface area contributed by atoms with Crippen LogP contribution in [-0.2, 0) is 51.5 Å². The monoisotopic (exact) mass is 1100 g/mol. The van der Waals surface area contributed by atoms with Gasteiger partial charge in [0, 0.05) is 44.3 Å². The molecule has 18 nitrogen and oxygen atoms in total. The quantitative estimate of drug-likeness (QED) is 0.0195. The summed E-state index contributed by atoms with van der Waals surface area (Å²) in [6.07, 6.45) is 2.12. The van der Waals surface area contributed by atoms with Crippen molar-refractivity contribution >= 4 is 45.4 Å². The van der Waals surface area contributed by atoms with Gasteiger partial charge in [0.15, 0.2) is 18.1 Å². The second-order valence-electron chi connectivity index (χ2n) is 20.9. The predicted molar refractivity (Wildman–Crippen MR) is 297 cm³/mol. The summed E-state index contributed by atoms with van der Waals surface area (Å²) in [7, 11) is 0.768. The van der Waals surface area contributed by atoms with Crippen LogP contribution in [0.15, 0.2) is 102 Å². The van der Waals surface area contributed by atoms with Gasteiger partial charge in [0.1, 0.15) is 17.9 Å². The highest BCUT2D eigenvalue weighted by Gasteiger charge is 2.41. The summed E-state index contributed by atoms with van der Waals surface area (Å²) in [6, 6.07) is 25.9. The van der Waals surface area contributed by atoms with Crippen LogP contribution in [0.3, 0.4) is 0 Å². The third-order valence-corrected chi connectivity index (χ3v) is 15.9. The number of Topliss-reactive ketones (excluding diaryl/α,β-unsaturated/α-hetero) is 1. The average Bonchev–Trinajstić information content (AvgIpc) is 3.45. The van der Waals surface area contributed by atoms with E-state index in [4.69, 9.17) is 29.4 Å². The first-order valence-electron chi connectivity index (χ1n) is 26.9. The number of ketones is 1. The van der Waals surface area contributed by atoms with E-state index >= 15 is 0 Å². The van der Waals surface area contributed by atoms with Gasteiger partial charge in [-0.05, 0) is 135 Å². The second-order valence-corrected chi connectivity index (χ2v) is 22.8. The molecular formula is C59H81N5O13S. The highest BCUT2D eigenvalue weighted by molar-refractivity contribution is 7.89. The van der Waals surface area contributed by atoms with Crippen molar-refractivity contribution in [2.24, 2.45) is 11.3 Å². The lowest BCUT2D eigenvalue weighted by molar-refractivity contribution is -0.164. The Morgan fingerprint density at radius 1 is 0.859 bits per heavy atom. The molecule has 0 saturated carbocycles. The number of sulfonamides is 1. The van der Waals surface area contributed by atoms with Gasteiger partial charge in [0.25, 0.3) is 11.8 Å². The Morgan fingerprint density at radius 2 is 1.58 bits per heavy atom. The molecule has 0 aliphatic carbocycles. The first kappa shape index (κ1) is 62.1. The molecule has 1 heterocycles. The summed E-state index contributed by atoms with van der Waals surface area (Å²) >= 11 is 0. The van der Waals surface area contributed by atoms with Gasteiger partial charge in [0.05, 0.1) is 37.9 Å². The number of hydrogen-bond acceptors (Lipinski definition) is 14. The van der Waals surface area contributed by atoms with Gasteiger partial charge in [-0.2, -0.15) is 4.31 Å². The number of carbonyl (C=O) groups excluding carboxylic acids is 5. The molecule has 0 radical (unpaired) electrons. The summed E-state index contributed by atoms with van der Waals surface area (Å²) in [5, 5.41) is 14.3. The van der Waals surface area contributed by atoms with E-state index in [0.717, 1.165) is 11.1 Å². The number of nitrogens with zero attached hydrogens (tertiary/aromatic N) is 3. The van der Waals surface area contributed by atoms with Gasteiger partial charge in [-0.25, -0.2) is 18.0 Å². The number of rotatable bonds is 30. The Balaban J connectivity index is 1.15. The van der Waals surface area contributed by atoms with Crippen molar-refractivity contribution < 1.29 is 61.2 Å². The maximum atomic E-state index is 14.1. The molecule has 5 rings (SSSR count). The first-order chi connectivity index (χ1) is 37.2. The number of aryl methyl sites for hydroxylation is 1. The van der Waals surface area contributed by atoms with E-state index in [2.05, 4.69) is 5.32 Å². The molecule has 1 saturated heterocycles. The van der Waals surface area contributed by atoms with E-state index in [0.29, 0.717) is 92.8 Å². The number of nitrogens with one attached hydrogen (secondary N) is 1. The molecule has 4 aromatic carbocycles. The highest BCUT2D eigenvalue weighted by Crippen LogP contribution is 2.33.